The number of aromatic nitrogens is 4. The molecular weight excluding hydrogens is 250 g/mol. The normalized spacial score (nSPS) is 10.7. The average molecular weight is 265 g/mol. The summed E-state index contributed by atoms with van der Waals surface area (Å²) in [6, 6.07) is 9.91. The Morgan fingerprint density at radius 1 is 1.05 bits per heavy atom. The summed E-state index contributed by atoms with van der Waals surface area (Å²) >= 11 is 0. The van der Waals surface area contributed by atoms with Crippen LogP contribution in [0.25, 0.3) is 16.9 Å². The molecule has 2 aromatic heterocycles. The van der Waals surface area contributed by atoms with Gasteiger partial charge in [-0.25, -0.2) is 0 Å². The third kappa shape index (κ3) is 2.03. The van der Waals surface area contributed by atoms with Crippen molar-refractivity contribution >= 4 is 5.82 Å². The fourth-order valence-corrected chi connectivity index (χ4v) is 2.13. The molecule has 0 atom stereocenters. The minimum absolute atomic E-state index is 0.532. The van der Waals surface area contributed by atoms with E-state index in [0.29, 0.717) is 11.5 Å². The predicted molar refractivity (Wildman–Crippen MR) is 78.5 cm³/mol. The molecule has 0 radical (unpaired) electrons. The van der Waals surface area contributed by atoms with Crippen LogP contribution in [0.5, 0.6) is 0 Å². The van der Waals surface area contributed by atoms with E-state index in [1.165, 1.54) is 0 Å². The van der Waals surface area contributed by atoms with Crippen LogP contribution in [0.3, 0.4) is 0 Å². The van der Waals surface area contributed by atoms with E-state index < -0.39 is 0 Å². The first kappa shape index (κ1) is 12.3. The third-order valence-corrected chi connectivity index (χ3v) is 3.25. The fraction of sp³-hybridized carbons (Fsp3) is 0.133. The molecule has 0 fully saturated rings. The van der Waals surface area contributed by atoms with Crippen LogP contribution in [0, 0.1) is 13.8 Å². The van der Waals surface area contributed by atoms with Gasteiger partial charge < -0.3 is 5.73 Å². The molecule has 0 spiro atoms. The summed E-state index contributed by atoms with van der Waals surface area (Å²) in [5.41, 5.74) is 11.0. The number of nitrogens with two attached hydrogens (primary N) is 1. The fourth-order valence-electron chi connectivity index (χ4n) is 2.13. The molecule has 5 nitrogen and oxygen atoms in total. The first-order valence-electron chi connectivity index (χ1n) is 6.36. The summed E-state index contributed by atoms with van der Waals surface area (Å²) in [5.74, 6) is 0.532. The number of anilines is 1. The minimum Gasteiger partial charge on any atom is -0.382 e. The number of nitrogens with zero attached hydrogens (tertiary/aromatic N) is 4. The van der Waals surface area contributed by atoms with Gasteiger partial charge in [-0.3, -0.25) is 4.98 Å². The van der Waals surface area contributed by atoms with E-state index in [2.05, 4.69) is 33.5 Å². The van der Waals surface area contributed by atoms with E-state index in [-0.39, 0.29) is 0 Å². The first-order valence-corrected chi connectivity index (χ1v) is 6.36. The standard InChI is InChI=1S/C15H15N5/c1-10-3-4-11(2)13(9-10)20-15(16)14(18-19-20)12-5-7-17-8-6-12/h3-9H,16H2,1-2H3. The molecule has 0 aliphatic heterocycles. The number of hydrogen-bond donors (Lipinski definition) is 1. The highest BCUT2D eigenvalue weighted by molar-refractivity contribution is 5.70. The summed E-state index contributed by atoms with van der Waals surface area (Å²) < 4.78 is 1.68. The van der Waals surface area contributed by atoms with Crippen LogP contribution in [0.2, 0.25) is 0 Å². The molecule has 0 bridgehead atoms. The monoisotopic (exact) mass is 265 g/mol. The van der Waals surface area contributed by atoms with Crippen LogP contribution < -0.4 is 5.73 Å². The first-order chi connectivity index (χ1) is 9.66. The van der Waals surface area contributed by atoms with Gasteiger partial charge in [0, 0.05) is 18.0 Å². The van der Waals surface area contributed by atoms with Gasteiger partial charge in [0.15, 0.2) is 5.82 Å². The second kappa shape index (κ2) is 4.77. The van der Waals surface area contributed by atoms with Gasteiger partial charge in [-0.05, 0) is 43.2 Å². The number of nitrogen functional groups attached to an aromatic ring is 1. The lowest BCUT2D eigenvalue weighted by Crippen LogP contribution is -2.04. The number of rotatable bonds is 2. The largest absolute Gasteiger partial charge is 0.382 e. The molecule has 2 N–H and O–H groups in total. The molecule has 3 aromatic rings. The zero-order valence-corrected chi connectivity index (χ0v) is 11.4. The maximum absolute atomic E-state index is 6.20. The van der Waals surface area contributed by atoms with Gasteiger partial charge in [0.25, 0.3) is 0 Å². The number of hydrogen-bond acceptors (Lipinski definition) is 4. The number of benzene rings is 1. The second-order valence-corrected chi connectivity index (χ2v) is 4.76. The molecule has 0 amide bonds. The van der Waals surface area contributed by atoms with Crippen molar-refractivity contribution < 1.29 is 0 Å². The molecule has 0 aliphatic rings. The van der Waals surface area contributed by atoms with Crippen LogP contribution in [0.4, 0.5) is 5.82 Å². The second-order valence-electron chi connectivity index (χ2n) is 4.76. The van der Waals surface area contributed by atoms with Crippen LogP contribution in [0.15, 0.2) is 42.7 Å². The van der Waals surface area contributed by atoms with Gasteiger partial charge in [0.1, 0.15) is 5.69 Å². The summed E-state index contributed by atoms with van der Waals surface area (Å²) in [5, 5.41) is 8.38. The van der Waals surface area contributed by atoms with Gasteiger partial charge in [-0.1, -0.05) is 17.3 Å². The lowest BCUT2D eigenvalue weighted by Gasteiger charge is -2.08. The molecule has 100 valence electrons. The zero-order valence-electron chi connectivity index (χ0n) is 11.4. The van der Waals surface area contributed by atoms with Gasteiger partial charge in [-0.15, -0.1) is 5.10 Å². The van der Waals surface area contributed by atoms with Crippen molar-refractivity contribution in [1.29, 1.82) is 0 Å². The zero-order chi connectivity index (χ0) is 14.1. The number of pyridine rings is 1. The van der Waals surface area contributed by atoms with E-state index in [4.69, 9.17) is 5.73 Å². The van der Waals surface area contributed by atoms with E-state index in [1.807, 2.05) is 26.0 Å². The van der Waals surface area contributed by atoms with Crippen LogP contribution in [-0.4, -0.2) is 20.0 Å². The highest BCUT2D eigenvalue weighted by Crippen LogP contribution is 2.26. The van der Waals surface area contributed by atoms with Crippen molar-refractivity contribution in [3.63, 3.8) is 0 Å². The van der Waals surface area contributed by atoms with Gasteiger partial charge in [-0.2, -0.15) is 4.68 Å². The van der Waals surface area contributed by atoms with Crippen molar-refractivity contribution in [1.82, 2.24) is 20.0 Å². The Balaban J connectivity index is 2.14. The summed E-state index contributed by atoms with van der Waals surface area (Å²) in [4.78, 5) is 4.00. The smallest absolute Gasteiger partial charge is 0.155 e. The quantitative estimate of drug-likeness (QED) is 0.773. The Morgan fingerprint density at radius 3 is 2.55 bits per heavy atom. The van der Waals surface area contributed by atoms with Crippen molar-refractivity contribution in [2.45, 2.75) is 13.8 Å². The summed E-state index contributed by atoms with van der Waals surface area (Å²) in [6.45, 7) is 4.07. The molecule has 20 heavy (non-hydrogen) atoms. The molecule has 5 heteroatoms. The highest BCUT2D eigenvalue weighted by Gasteiger charge is 2.14. The molecule has 0 aliphatic carbocycles. The Kier molecular flexibility index (Phi) is 2.95. The van der Waals surface area contributed by atoms with Crippen molar-refractivity contribution in [2.24, 2.45) is 0 Å². The number of aryl methyl sites for hydroxylation is 2. The van der Waals surface area contributed by atoms with Gasteiger partial charge in [0.05, 0.1) is 5.69 Å². The molecule has 0 saturated heterocycles. The molecular formula is C15H15N5. The summed E-state index contributed by atoms with van der Waals surface area (Å²) in [6.07, 6.45) is 3.43. The lowest BCUT2D eigenvalue weighted by atomic mass is 10.1. The predicted octanol–water partition coefficient (Wildman–Crippen LogP) is 2.53. The van der Waals surface area contributed by atoms with Crippen molar-refractivity contribution in [3.05, 3.63) is 53.9 Å². The SMILES string of the molecule is Cc1ccc(C)c(-n2nnc(-c3ccncc3)c2N)c1. The van der Waals surface area contributed by atoms with E-state index >= 15 is 0 Å². The van der Waals surface area contributed by atoms with E-state index in [9.17, 15) is 0 Å². The molecule has 1 aromatic carbocycles. The van der Waals surface area contributed by atoms with E-state index in [0.717, 1.165) is 22.4 Å². The highest BCUT2D eigenvalue weighted by atomic mass is 15.5. The Hall–Kier alpha value is -2.69. The summed E-state index contributed by atoms with van der Waals surface area (Å²) in [7, 11) is 0. The van der Waals surface area contributed by atoms with Crippen molar-refractivity contribution in [3.8, 4) is 16.9 Å². The van der Waals surface area contributed by atoms with Crippen molar-refractivity contribution in [2.75, 3.05) is 5.73 Å². The lowest BCUT2D eigenvalue weighted by molar-refractivity contribution is 0.805. The maximum Gasteiger partial charge on any atom is 0.155 e. The Bertz CT molecular complexity index is 746. The molecule has 3 rings (SSSR count). The van der Waals surface area contributed by atoms with Crippen LogP contribution >= 0.6 is 0 Å². The van der Waals surface area contributed by atoms with E-state index in [1.54, 1.807) is 17.1 Å². The maximum atomic E-state index is 6.20. The van der Waals surface area contributed by atoms with Crippen LogP contribution in [-0.2, 0) is 0 Å². The Labute approximate surface area is 117 Å². The topological polar surface area (TPSA) is 69.6 Å². The van der Waals surface area contributed by atoms with Gasteiger partial charge >= 0.3 is 0 Å². The average Bonchev–Trinajstić information content (AvgIpc) is 2.84. The molecule has 0 saturated carbocycles. The van der Waals surface area contributed by atoms with Crippen LogP contribution in [0.1, 0.15) is 11.1 Å². The molecule has 0 unspecified atom stereocenters. The minimum atomic E-state index is 0.532. The van der Waals surface area contributed by atoms with Gasteiger partial charge in [0.2, 0.25) is 0 Å². The third-order valence-electron chi connectivity index (χ3n) is 3.25. The molecule has 2 heterocycles. The Morgan fingerprint density at radius 2 is 1.80 bits per heavy atom.